The van der Waals surface area contributed by atoms with E-state index in [-0.39, 0.29) is 17.7 Å². The first kappa shape index (κ1) is 26.1. The average Bonchev–Trinajstić information content (AvgIpc) is 3.65. The van der Waals surface area contributed by atoms with Gasteiger partial charge in [0.15, 0.2) is 11.5 Å². The van der Waals surface area contributed by atoms with Crippen molar-refractivity contribution in [3.05, 3.63) is 70.8 Å². The number of ether oxygens (including phenoxy) is 3. The smallest absolute Gasteiger partial charge is 0.338 e. The number of esters is 1. The van der Waals surface area contributed by atoms with E-state index >= 15 is 0 Å². The summed E-state index contributed by atoms with van der Waals surface area (Å²) in [6, 6.07) is 15.1. The third-order valence-electron chi connectivity index (χ3n) is 5.87. The number of anilines is 1. The van der Waals surface area contributed by atoms with Crippen LogP contribution in [0.5, 0.6) is 11.5 Å². The highest BCUT2D eigenvalue weighted by atomic mass is 32.2. The van der Waals surface area contributed by atoms with E-state index in [0.29, 0.717) is 40.9 Å². The van der Waals surface area contributed by atoms with Crippen molar-refractivity contribution in [3.8, 4) is 22.8 Å². The molecule has 3 heterocycles. The number of amides is 3. The maximum absolute atomic E-state index is 12.8. The minimum absolute atomic E-state index is 0.106. The molecule has 1 N–H and O–H groups in total. The molecule has 0 aliphatic carbocycles. The zero-order valence-corrected chi connectivity index (χ0v) is 21.7. The number of imide groups is 1. The average molecular weight is 549 g/mol. The van der Waals surface area contributed by atoms with Crippen LogP contribution in [-0.4, -0.2) is 47.9 Å². The maximum atomic E-state index is 12.8. The molecule has 3 aromatic rings. The largest absolute Gasteiger partial charge is 0.462 e. The standard InChI is InChI=1S/C28H24N2O8S/c1-2-3-12-35-27(33)18-6-4-17(5-7-18)21-11-9-20(38-21)14-24-26(32)30(28(34)39-24)15-25(31)29-19-8-10-22-23(13-19)37-16-36-22/h4-11,13-14H,2-3,12,15-16H2,1H3,(H,29,31)/b24-14+. The molecule has 1 aromatic heterocycles. The summed E-state index contributed by atoms with van der Waals surface area (Å²) in [5.41, 5.74) is 1.63. The SMILES string of the molecule is CCCCOC(=O)c1ccc(-c2ccc(/C=C3/SC(=O)N(CC(=O)Nc4ccc5c(c4)OCO5)C3=O)o2)cc1. The van der Waals surface area contributed by atoms with Gasteiger partial charge >= 0.3 is 5.97 Å². The second-order valence-electron chi connectivity index (χ2n) is 8.65. The van der Waals surface area contributed by atoms with E-state index in [0.717, 1.165) is 35.1 Å². The molecule has 11 heteroatoms. The van der Waals surface area contributed by atoms with Crippen LogP contribution in [-0.2, 0) is 14.3 Å². The predicted molar refractivity (Wildman–Crippen MR) is 143 cm³/mol. The van der Waals surface area contributed by atoms with E-state index < -0.39 is 23.6 Å². The third-order valence-corrected chi connectivity index (χ3v) is 6.78. The monoisotopic (exact) mass is 548 g/mol. The Morgan fingerprint density at radius 1 is 1.05 bits per heavy atom. The lowest BCUT2D eigenvalue weighted by molar-refractivity contribution is -0.127. The highest BCUT2D eigenvalue weighted by molar-refractivity contribution is 8.18. The summed E-state index contributed by atoms with van der Waals surface area (Å²) in [6.45, 7) is 2.07. The summed E-state index contributed by atoms with van der Waals surface area (Å²) in [5, 5.41) is 2.10. The Kier molecular flexibility index (Phi) is 7.69. The van der Waals surface area contributed by atoms with Gasteiger partial charge in [-0.1, -0.05) is 25.5 Å². The van der Waals surface area contributed by atoms with Crippen LogP contribution in [0.4, 0.5) is 10.5 Å². The number of benzene rings is 2. The van der Waals surface area contributed by atoms with Gasteiger partial charge in [-0.05, 0) is 54.6 Å². The summed E-state index contributed by atoms with van der Waals surface area (Å²) in [6.07, 6.45) is 3.22. The fourth-order valence-corrected chi connectivity index (χ4v) is 4.65. The molecule has 1 saturated heterocycles. The summed E-state index contributed by atoms with van der Waals surface area (Å²) >= 11 is 0.730. The number of hydrogen-bond acceptors (Lipinski definition) is 9. The number of carbonyl (C=O) groups is 4. The molecule has 2 aromatic carbocycles. The molecule has 3 amide bonds. The molecule has 1 fully saturated rings. The Labute approximate surface area is 227 Å². The van der Waals surface area contributed by atoms with Gasteiger partial charge in [0.05, 0.1) is 17.1 Å². The van der Waals surface area contributed by atoms with Crippen LogP contribution in [0.3, 0.4) is 0 Å². The van der Waals surface area contributed by atoms with Crippen molar-refractivity contribution in [2.24, 2.45) is 0 Å². The first-order valence-corrected chi connectivity index (χ1v) is 13.0. The molecule has 39 heavy (non-hydrogen) atoms. The quantitative estimate of drug-likeness (QED) is 0.215. The number of nitrogens with one attached hydrogen (secondary N) is 1. The Morgan fingerprint density at radius 3 is 2.64 bits per heavy atom. The van der Waals surface area contributed by atoms with Crippen LogP contribution in [0.15, 0.2) is 63.9 Å². The number of furan rings is 1. The molecule has 0 bridgehead atoms. The number of fused-ring (bicyclic) bond motifs is 1. The number of hydrogen-bond donors (Lipinski definition) is 1. The zero-order valence-electron chi connectivity index (χ0n) is 20.9. The molecule has 0 radical (unpaired) electrons. The van der Waals surface area contributed by atoms with Crippen molar-refractivity contribution >= 4 is 46.5 Å². The van der Waals surface area contributed by atoms with E-state index in [9.17, 15) is 19.2 Å². The van der Waals surface area contributed by atoms with Crippen molar-refractivity contribution < 1.29 is 37.8 Å². The topological polar surface area (TPSA) is 124 Å². The lowest BCUT2D eigenvalue weighted by Gasteiger charge is -2.12. The molecule has 0 saturated carbocycles. The Bertz CT molecular complexity index is 1460. The molecule has 2 aliphatic rings. The number of thioether (sulfide) groups is 1. The van der Waals surface area contributed by atoms with Crippen molar-refractivity contribution in [2.45, 2.75) is 19.8 Å². The van der Waals surface area contributed by atoms with Gasteiger partial charge in [-0.15, -0.1) is 0 Å². The molecule has 2 aliphatic heterocycles. The van der Waals surface area contributed by atoms with Crippen molar-refractivity contribution in [2.75, 3.05) is 25.3 Å². The van der Waals surface area contributed by atoms with Gasteiger partial charge in [0, 0.05) is 23.4 Å². The van der Waals surface area contributed by atoms with Gasteiger partial charge < -0.3 is 23.9 Å². The molecular weight excluding hydrogens is 524 g/mol. The predicted octanol–water partition coefficient (Wildman–Crippen LogP) is 5.31. The molecule has 5 rings (SSSR count). The Balaban J connectivity index is 1.20. The van der Waals surface area contributed by atoms with Gasteiger partial charge in [-0.2, -0.15) is 0 Å². The van der Waals surface area contributed by atoms with Crippen LogP contribution >= 0.6 is 11.8 Å². The molecule has 200 valence electrons. The summed E-state index contributed by atoms with van der Waals surface area (Å²) in [7, 11) is 0. The van der Waals surface area contributed by atoms with Gasteiger partial charge in [0.2, 0.25) is 12.7 Å². The molecule has 0 unspecified atom stereocenters. The molecule has 10 nitrogen and oxygen atoms in total. The van der Waals surface area contributed by atoms with Crippen molar-refractivity contribution in [1.82, 2.24) is 4.90 Å². The first-order valence-electron chi connectivity index (χ1n) is 12.2. The van der Waals surface area contributed by atoms with E-state index in [1.807, 2.05) is 6.92 Å². The maximum Gasteiger partial charge on any atom is 0.338 e. The minimum Gasteiger partial charge on any atom is -0.462 e. The van der Waals surface area contributed by atoms with Crippen LogP contribution < -0.4 is 14.8 Å². The number of unbranched alkanes of at least 4 members (excludes halogenated alkanes) is 1. The normalized spacial score (nSPS) is 15.2. The van der Waals surface area contributed by atoms with E-state index in [1.54, 1.807) is 54.6 Å². The van der Waals surface area contributed by atoms with Gasteiger partial charge in [0.25, 0.3) is 11.1 Å². The van der Waals surface area contributed by atoms with E-state index in [4.69, 9.17) is 18.6 Å². The van der Waals surface area contributed by atoms with Gasteiger partial charge in [0.1, 0.15) is 18.1 Å². The van der Waals surface area contributed by atoms with Crippen LogP contribution in [0.25, 0.3) is 17.4 Å². The second kappa shape index (κ2) is 11.5. The lowest BCUT2D eigenvalue weighted by Crippen LogP contribution is -2.36. The van der Waals surface area contributed by atoms with Crippen LogP contribution in [0, 0.1) is 0 Å². The Hall–Kier alpha value is -4.51. The Morgan fingerprint density at radius 2 is 1.85 bits per heavy atom. The highest BCUT2D eigenvalue weighted by Crippen LogP contribution is 2.35. The fraction of sp³-hybridized carbons (Fsp3) is 0.214. The van der Waals surface area contributed by atoms with Gasteiger partial charge in [-0.25, -0.2) is 4.79 Å². The number of rotatable bonds is 9. The molecule has 0 spiro atoms. The van der Waals surface area contributed by atoms with Crippen molar-refractivity contribution in [3.63, 3.8) is 0 Å². The van der Waals surface area contributed by atoms with Crippen LogP contribution in [0.2, 0.25) is 0 Å². The minimum atomic E-state index is -0.588. The summed E-state index contributed by atoms with van der Waals surface area (Å²) in [5.74, 6) is 0.462. The van der Waals surface area contributed by atoms with Gasteiger partial charge in [-0.3, -0.25) is 19.3 Å². The fourth-order valence-electron chi connectivity index (χ4n) is 3.83. The molecule has 0 atom stereocenters. The zero-order chi connectivity index (χ0) is 27.4. The number of nitrogens with zero attached hydrogens (tertiary/aromatic N) is 1. The van der Waals surface area contributed by atoms with Crippen molar-refractivity contribution in [1.29, 1.82) is 0 Å². The first-order chi connectivity index (χ1) is 18.9. The van der Waals surface area contributed by atoms with E-state index in [1.165, 1.54) is 6.08 Å². The van der Waals surface area contributed by atoms with Crippen LogP contribution in [0.1, 0.15) is 35.9 Å². The summed E-state index contributed by atoms with van der Waals surface area (Å²) < 4.78 is 21.6. The lowest BCUT2D eigenvalue weighted by atomic mass is 10.1. The highest BCUT2D eigenvalue weighted by Gasteiger charge is 2.36. The van der Waals surface area contributed by atoms with E-state index in [2.05, 4.69) is 5.32 Å². The second-order valence-corrected chi connectivity index (χ2v) is 9.65. The number of carbonyl (C=O) groups excluding carboxylic acids is 4. The summed E-state index contributed by atoms with van der Waals surface area (Å²) in [4.78, 5) is 50.9. The molecular formula is C28H24N2O8S. The third kappa shape index (κ3) is 5.99.